The minimum atomic E-state index is -0.507. The van der Waals surface area contributed by atoms with E-state index in [1.165, 1.54) is 19.2 Å². The summed E-state index contributed by atoms with van der Waals surface area (Å²) in [5.41, 5.74) is 1.32. The van der Waals surface area contributed by atoms with Crippen molar-refractivity contribution in [2.45, 2.75) is 70.0 Å². The van der Waals surface area contributed by atoms with Gasteiger partial charge in [-0.1, -0.05) is 26.0 Å². The molecule has 2 atom stereocenters. The van der Waals surface area contributed by atoms with Gasteiger partial charge in [-0.3, -0.25) is 4.79 Å². The van der Waals surface area contributed by atoms with E-state index in [1.54, 1.807) is 6.07 Å². The molecule has 2 bridgehead atoms. The first kappa shape index (κ1) is 18.9. The highest BCUT2D eigenvalue weighted by atomic mass is 19.1. The second kappa shape index (κ2) is 6.87. The van der Waals surface area contributed by atoms with Gasteiger partial charge in [0, 0.05) is 29.3 Å². The van der Waals surface area contributed by atoms with E-state index >= 15 is 0 Å². The Balaban J connectivity index is 1.52. The van der Waals surface area contributed by atoms with Gasteiger partial charge in [-0.05, 0) is 43.9 Å². The maximum atomic E-state index is 14.1. The molecular formula is C21H27FN4O2. The number of hydrogen-bond acceptors (Lipinski definition) is 4. The van der Waals surface area contributed by atoms with Crippen LogP contribution in [0.2, 0.25) is 0 Å². The molecule has 0 aliphatic carbocycles. The van der Waals surface area contributed by atoms with Crippen LogP contribution in [0.5, 0.6) is 5.75 Å². The number of hydrogen-bond donors (Lipinski definition) is 0. The van der Waals surface area contributed by atoms with Crippen molar-refractivity contribution in [3.8, 4) is 5.75 Å². The number of carbonyl (C=O) groups is 1. The number of nitrogens with zero attached hydrogens (tertiary/aromatic N) is 4. The fraction of sp³-hybridized carbons (Fsp3) is 0.571. The van der Waals surface area contributed by atoms with Crippen LogP contribution < -0.4 is 4.74 Å². The smallest absolute Gasteiger partial charge is 0.254 e. The number of fused-ring (bicyclic) bond motifs is 2. The predicted octanol–water partition coefficient (Wildman–Crippen LogP) is 3.73. The van der Waals surface area contributed by atoms with Gasteiger partial charge in [-0.25, -0.2) is 9.07 Å². The van der Waals surface area contributed by atoms with Gasteiger partial charge in [0.1, 0.15) is 0 Å². The molecule has 28 heavy (non-hydrogen) atoms. The summed E-state index contributed by atoms with van der Waals surface area (Å²) in [6.07, 6.45) is 5.71. The van der Waals surface area contributed by atoms with Crippen molar-refractivity contribution >= 4 is 5.91 Å². The molecule has 150 valence electrons. The third kappa shape index (κ3) is 3.27. The fourth-order valence-electron chi connectivity index (χ4n) is 4.44. The van der Waals surface area contributed by atoms with E-state index in [4.69, 9.17) is 4.74 Å². The lowest BCUT2D eigenvalue weighted by Gasteiger charge is -2.39. The molecule has 2 aromatic rings. The first-order valence-electron chi connectivity index (χ1n) is 9.86. The van der Waals surface area contributed by atoms with Gasteiger partial charge in [-0.2, -0.15) is 0 Å². The summed E-state index contributed by atoms with van der Waals surface area (Å²) >= 11 is 0. The summed E-state index contributed by atoms with van der Waals surface area (Å²) in [5.74, 6) is -0.451. The lowest BCUT2D eigenvalue weighted by atomic mass is 9.92. The molecule has 2 aliphatic heterocycles. The molecule has 1 aromatic heterocycles. The largest absolute Gasteiger partial charge is 0.494 e. The van der Waals surface area contributed by atoms with Crippen LogP contribution >= 0.6 is 0 Å². The summed E-state index contributed by atoms with van der Waals surface area (Å²) in [6.45, 7) is 6.38. The molecule has 1 amide bonds. The van der Waals surface area contributed by atoms with Crippen LogP contribution in [0.3, 0.4) is 0 Å². The Morgan fingerprint density at radius 1 is 1.18 bits per heavy atom. The van der Waals surface area contributed by atoms with Crippen LogP contribution in [0.15, 0.2) is 24.4 Å². The summed E-state index contributed by atoms with van der Waals surface area (Å²) in [7, 11) is 1.42. The number of rotatable bonds is 3. The number of aromatic nitrogens is 3. The number of carbonyl (C=O) groups excluding carboxylic acids is 1. The lowest BCUT2D eigenvalue weighted by Crippen LogP contribution is -2.47. The highest BCUT2D eigenvalue weighted by molar-refractivity contribution is 5.95. The molecule has 0 saturated carbocycles. The van der Waals surface area contributed by atoms with Crippen molar-refractivity contribution in [1.82, 2.24) is 19.9 Å². The number of methoxy groups -OCH3 is 1. The average Bonchev–Trinajstić information content (AvgIpc) is 3.24. The third-order valence-electron chi connectivity index (χ3n) is 5.99. The van der Waals surface area contributed by atoms with Crippen molar-refractivity contribution in [3.05, 3.63) is 41.5 Å². The topological polar surface area (TPSA) is 60.2 Å². The Morgan fingerprint density at radius 3 is 2.39 bits per heavy atom. The summed E-state index contributed by atoms with van der Waals surface area (Å²) in [6, 6.07) is 4.99. The summed E-state index contributed by atoms with van der Waals surface area (Å²) in [4.78, 5) is 15.0. The van der Waals surface area contributed by atoms with E-state index in [0.717, 1.165) is 31.4 Å². The average molecular weight is 386 g/mol. The second-order valence-corrected chi connectivity index (χ2v) is 8.91. The lowest BCUT2D eigenvalue weighted by molar-refractivity contribution is 0.0522. The van der Waals surface area contributed by atoms with Crippen molar-refractivity contribution in [2.75, 3.05) is 7.11 Å². The van der Waals surface area contributed by atoms with Gasteiger partial charge in [0.2, 0.25) is 0 Å². The van der Waals surface area contributed by atoms with E-state index in [9.17, 15) is 9.18 Å². The zero-order valence-corrected chi connectivity index (χ0v) is 16.9. The number of piperidine rings is 1. The number of ether oxygens (including phenoxy) is 1. The minimum Gasteiger partial charge on any atom is -0.494 e. The zero-order chi connectivity index (χ0) is 20.1. The van der Waals surface area contributed by atoms with E-state index < -0.39 is 5.82 Å². The zero-order valence-electron chi connectivity index (χ0n) is 16.9. The van der Waals surface area contributed by atoms with Crippen molar-refractivity contribution in [1.29, 1.82) is 0 Å². The molecule has 3 heterocycles. The monoisotopic (exact) mass is 386 g/mol. The Bertz CT molecular complexity index is 875. The van der Waals surface area contributed by atoms with E-state index in [0.29, 0.717) is 5.56 Å². The van der Waals surface area contributed by atoms with Crippen molar-refractivity contribution in [2.24, 2.45) is 0 Å². The minimum absolute atomic E-state index is 0.0354. The molecule has 1 aromatic carbocycles. The van der Waals surface area contributed by atoms with Crippen LogP contribution in [-0.4, -0.2) is 45.0 Å². The number of halogens is 1. The first-order valence-corrected chi connectivity index (χ1v) is 9.86. The summed E-state index contributed by atoms with van der Waals surface area (Å²) < 4.78 is 21.0. The Kier molecular flexibility index (Phi) is 4.63. The van der Waals surface area contributed by atoms with E-state index in [2.05, 4.69) is 31.1 Å². The van der Waals surface area contributed by atoms with Gasteiger partial charge < -0.3 is 9.64 Å². The Hall–Kier alpha value is -2.44. The molecule has 2 unspecified atom stereocenters. The molecule has 2 aliphatic rings. The normalized spacial score (nSPS) is 24.5. The van der Waals surface area contributed by atoms with Gasteiger partial charge in [0.25, 0.3) is 5.91 Å². The maximum absolute atomic E-state index is 14.1. The van der Waals surface area contributed by atoms with Gasteiger partial charge in [-0.15, -0.1) is 5.10 Å². The van der Waals surface area contributed by atoms with Crippen LogP contribution in [0, 0.1) is 5.82 Å². The van der Waals surface area contributed by atoms with Crippen molar-refractivity contribution < 1.29 is 13.9 Å². The van der Waals surface area contributed by atoms with Crippen LogP contribution in [0.4, 0.5) is 4.39 Å². The van der Waals surface area contributed by atoms with E-state index in [1.807, 2.05) is 15.8 Å². The molecule has 4 rings (SSSR count). The number of benzene rings is 1. The van der Waals surface area contributed by atoms with Gasteiger partial charge in [0.15, 0.2) is 11.6 Å². The molecule has 0 radical (unpaired) electrons. The molecule has 6 nitrogen and oxygen atoms in total. The van der Waals surface area contributed by atoms with Gasteiger partial charge >= 0.3 is 0 Å². The molecule has 2 fully saturated rings. The molecule has 0 spiro atoms. The van der Waals surface area contributed by atoms with Crippen LogP contribution in [-0.2, 0) is 5.41 Å². The summed E-state index contributed by atoms with van der Waals surface area (Å²) in [5, 5.41) is 8.70. The fourth-order valence-corrected chi connectivity index (χ4v) is 4.44. The standard InChI is InChI=1S/C21H27FN4O2/c1-21(2,3)19-12-25(24-23-19)16-10-14-6-7-15(11-16)26(14)20(27)13-5-8-18(28-4)17(22)9-13/h5,8-9,12,14-16H,6-7,10-11H2,1-4H3. The van der Waals surface area contributed by atoms with Crippen molar-refractivity contribution in [3.63, 3.8) is 0 Å². The Morgan fingerprint density at radius 2 is 1.86 bits per heavy atom. The highest BCUT2D eigenvalue weighted by Gasteiger charge is 2.44. The maximum Gasteiger partial charge on any atom is 0.254 e. The molecule has 0 N–H and O–H groups in total. The van der Waals surface area contributed by atoms with E-state index in [-0.39, 0.29) is 35.2 Å². The molecule has 7 heteroatoms. The number of amides is 1. The van der Waals surface area contributed by atoms with Crippen LogP contribution in [0.25, 0.3) is 0 Å². The second-order valence-electron chi connectivity index (χ2n) is 8.91. The predicted molar refractivity (Wildman–Crippen MR) is 103 cm³/mol. The van der Waals surface area contributed by atoms with Gasteiger partial charge in [0.05, 0.1) is 18.8 Å². The molecule has 2 saturated heterocycles. The first-order chi connectivity index (χ1) is 13.3. The quantitative estimate of drug-likeness (QED) is 0.806. The van der Waals surface area contributed by atoms with Crippen LogP contribution in [0.1, 0.15) is 68.5 Å². The Labute approximate surface area is 164 Å². The molecular weight excluding hydrogens is 359 g/mol. The SMILES string of the molecule is COc1ccc(C(=O)N2C3CCC2CC(n2cc(C(C)(C)C)nn2)C3)cc1F. The third-order valence-corrected chi connectivity index (χ3v) is 5.99. The highest BCUT2D eigenvalue weighted by Crippen LogP contribution is 2.41.